The van der Waals surface area contributed by atoms with E-state index in [1.54, 1.807) is 6.07 Å². The van der Waals surface area contributed by atoms with Gasteiger partial charge in [-0.2, -0.15) is 0 Å². The molecule has 1 heterocycles. The van der Waals surface area contributed by atoms with Crippen molar-refractivity contribution in [1.82, 2.24) is 9.97 Å². The molecule has 0 aliphatic heterocycles. The highest BCUT2D eigenvalue weighted by molar-refractivity contribution is 6.32. The molecule has 3 rings (SSSR count). The second-order valence-electron chi connectivity index (χ2n) is 5.19. The predicted octanol–water partition coefficient (Wildman–Crippen LogP) is 2.98. The topological polar surface area (TPSA) is 132 Å². The van der Waals surface area contributed by atoms with Crippen molar-refractivity contribution in [2.45, 2.75) is 6.42 Å². The van der Waals surface area contributed by atoms with Crippen LogP contribution in [0.3, 0.4) is 0 Å². The second kappa shape index (κ2) is 6.29. The van der Waals surface area contributed by atoms with Crippen LogP contribution in [0.25, 0.3) is 11.0 Å². The molecule has 0 unspecified atom stereocenters. The van der Waals surface area contributed by atoms with Gasteiger partial charge in [-0.05, 0) is 17.7 Å². The lowest BCUT2D eigenvalue weighted by Gasteiger charge is -2.04. The highest BCUT2D eigenvalue weighted by Crippen LogP contribution is 2.26. The maximum atomic E-state index is 12.2. The number of nitrogens with zero attached hydrogens (tertiary/aromatic N) is 3. The van der Waals surface area contributed by atoms with Crippen molar-refractivity contribution in [3.05, 3.63) is 83.3 Å². The third-order valence-electron chi connectivity index (χ3n) is 3.54. The zero-order valence-electron chi connectivity index (χ0n) is 12.4. The molecule has 0 aliphatic carbocycles. The first-order valence-electron chi connectivity index (χ1n) is 6.95. The number of fused-ring (bicyclic) bond motifs is 1. The monoisotopic (exact) mass is 360 g/mol. The van der Waals surface area contributed by atoms with Crippen LogP contribution in [0, 0.1) is 20.2 Å². The average Bonchev–Trinajstić information content (AvgIpc) is 2.56. The minimum absolute atomic E-state index is 0.00133. The largest absolute Gasteiger partial charge is 0.319 e. The average molecular weight is 361 g/mol. The fourth-order valence-corrected chi connectivity index (χ4v) is 2.53. The van der Waals surface area contributed by atoms with Crippen molar-refractivity contribution in [2.24, 2.45) is 0 Å². The molecule has 0 bridgehead atoms. The second-order valence-corrected chi connectivity index (χ2v) is 5.60. The summed E-state index contributed by atoms with van der Waals surface area (Å²) >= 11 is 5.76. The van der Waals surface area contributed by atoms with Gasteiger partial charge in [0.15, 0.2) is 0 Å². The molecule has 1 N–H and O–H groups in total. The van der Waals surface area contributed by atoms with Crippen molar-refractivity contribution < 1.29 is 9.85 Å². The van der Waals surface area contributed by atoms with Crippen molar-refractivity contribution in [3.8, 4) is 0 Å². The van der Waals surface area contributed by atoms with Crippen LogP contribution in [-0.4, -0.2) is 19.8 Å². The first-order chi connectivity index (χ1) is 11.8. The molecule has 25 heavy (non-hydrogen) atoms. The molecule has 0 amide bonds. The Bertz CT molecular complexity index is 1080. The summed E-state index contributed by atoms with van der Waals surface area (Å²) in [6, 6.07) is 8.16. The molecule has 0 saturated carbocycles. The van der Waals surface area contributed by atoms with Crippen molar-refractivity contribution >= 4 is 34.0 Å². The van der Waals surface area contributed by atoms with Gasteiger partial charge in [0.05, 0.1) is 20.9 Å². The van der Waals surface area contributed by atoms with E-state index in [0.29, 0.717) is 11.1 Å². The third-order valence-corrected chi connectivity index (χ3v) is 3.86. The summed E-state index contributed by atoms with van der Waals surface area (Å²) in [7, 11) is 0. The van der Waals surface area contributed by atoms with Crippen LogP contribution in [0.4, 0.5) is 11.4 Å². The maximum absolute atomic E-state index is 12.2. The van der Waals surface area contributed by atoms with Gasteiger partial charge >= 0.3 is 0 Å². The summed E-state index contributed by atoms with van der Waals surface area (Å²) in [6.45, 7) is 0. The highest BCUT2D eigenvalue weighted by atomic mass is 35.5. The van der Waals surface area contributed by atoms with E-state index < -0.39 is 15.4 Å². The Labute approximate surface area is 144 Å². The molecule has 0 atom stereocenters. The minimum atomic E-state index is -0.608. The number of rotatable bonds is 4. The molecule has 9 nitrogen and oxygen atoms in total. The lowest BCUT2D eigenvalue weighted by atomic mass is 10.1. The lowest BCUT2D eigenvalue weighted by molar-refractivity contribution is -0.384. The fourth-order valence-electron chi connectivity index (χ4n) is 2.35. The van der Waals surface area contributed by atoms with Crippen molar-refractivity contribution in [3.63, 3.8) is 0 Å². The summed E-state index contributed by atoms with van der Waals surface area (Å²) in [5, 5.41) is 21.7. The maximum Gasteiger partial charge on any atom is 0.288 e. The molecule has 3 aromatic rings. The van der Waals surface area contributed by atoms with Crippen LogP contribution in [0.5, 0.6) is 0 Å². The molecular weight excluding hydrogens is 352 g/mol. The van der Waals surface area contributed by atoms with Gasteiger partial charge in [-0.15, -0.1) is 0 Å². The Morgan fingerprint density at radius 1 is 1.08 bits per heavy atom. The zero-order valence-corrected chi connectivity index (χ0v) is 13.2. The molecule has 1 aromatic heterocycles. The zero-order chi connectivity index (χ0) is 18.1. The number of hydrogen-bond donors (Lipinski definition) is 1. The Kier molecular flexibility index (Phi) is 4.15. The van der Waals surface area contributed by atoms with E-state index in [1.165, 1.54) is 30.3 Å². The van der Waals surface area contributed by atoms with Crippen LogP contribution in [0.15, 0.2) is 41.2 Å². The van der Waals surface area contributed by atoms with Gasteiger partial charge in [0.2, 0.25) is 0 Å². The Morgan fingerprint density at radius 3 is 2.52 bits per heavy atom. The van der Waals surface area contributed by atoms with Crippen LogP contribution < -0.4 is 5.56 Å². The predicted molar refractivity (Wildman–Crippen MR) is 89.9 cm³/mol. The number of nitrogens with one attached hydrogen (secondary N) is 1. The van der Waals surface area contributed by atoms with Crippen LogP contribution in [-0.2, 0) is 6.42 Å². The number of aromatic nitrogens is 2. The van der Waals surface area contributed by atoms with Crippen LogP contribution >= 0.6 is 11.6 Å². The molecule has 0 aliphatic rings. The summed E-state index contributed by atoms with van der Waals surface area (Å²) in [5.41, 5.74) is 0.311. The molecule has 0 fully saturated rings. The molecule has 126 valence electrons. The van der Waals surface area contributed by atoms with E-state index in [0.717, 1.165) is 0 Å². The minimum Gasteiger partial charge on any atom is -0.319 e. The normalized spacial score (nSPS) is 10.8. The SMILES string of the molecule is O=c1[nH]c2cc([N+](=O)[O-])ccc2nc1Cc1ccc(Cl)c([N+](=O)[O-])c1. The standard InChI is InChI=1S/C15H9ClN4O5/c16-10-3-1-8(6-14(10)20(24)25)5-13-15(21)18-12-7-9(19(22)23)2-4-11(12)17-13/h1-4,6-7H,5H2,(H,18,21). The molecule has 2 aromatic carbocycles. The summed E-state index contributed by atoms with van der Waals surface area (Å²) in [4.78, 5) is 39.4. The van der Waals surface area contributed by atoms with Gasteiger partial charge < -0.3 is 4.98 Å². The van der Waals surface area contributed by atoms with E-state index in [-0.39, 0.29) is 34.0 Å². The number of hydrogen-bond acceptors (Lipinski definition) is 6. The van der Waals surface area contributed by atoms with Gasteiger partial charge in [0.25, 0.3) is 16.9 Å². The van der Waals surface area contributed by atoms with E-state index >= 15 is 0 Å². The fraction of sp³-hybridized carbons (Fsp3) is 0.0667. The smallest absolute Gasteiger partial charge is 0.288 e. The number of H-pyrrole nitrogens is 1. The quantitative estimate of drug-likeness (QED) is 0.561. The van der Waals surface area contributed by atoms with Gasteiger partial charge in [0, 0.05) is 24.6 Å². The first kappa shape index (κ1) is 16.5. The summed E-state index contributed by atoms with van der Waals surface area (Å²) in [6.07, 6.45) is 0.0558. The van der Waals surface area contributed by atoms with Crippen LogP contribution in [0.1, 0.15) is 11.3 Å². The number of aromatic amines is 1. The summed E-state index contributed by atoms with van der Waals surface area (Å²) in [5.74, 6) is 0. The van der Waals surface area contributed by atoms with Crippen LogP contribution in [0.2, 0.25) is 5.02 Å². The molecule has 0 spiro atoms. The van der Waals surface area contributed by atoms with Gasteiger partial charge in [-0.1, -0.05) is 17.7 Å². The van der Waals surface area contributed by atoms with E-state index in [4.69, 9.17) is 11.6 Å². The number of non-ortho nitro benzene ring substituents is 1. The van der Waals surface area contributed by atoms with Gasteiger partial charge in [-0.3, -0.25) is 25.0 Å². The number of nitro groups is 2. The Balaban J connectivity index is 2.02. The van der Waals surface area contributed by atoms with E-state index in [2.05, 4.69) is 9.97 Å². The Hall–Kier alpha value is -3.33. The molecular formula is C15H9ClN4O5. The van der Waals surface area contributed by atoms with E-state index in [1.807, 2.05) is 0 Å². The Morgan fingerprint density at radius 2 is 1.84 bits per heavy atom. The van der Waals surface area contributed by atoms with Gasteiger partial charge in [0.1, 0.15) is 10.7 Å². The van der Waals surface area contributed by atoms with Crippen molar-refractivity contribution in [2.75, 3.05) is 0 Å². The molecule has 0 radical (unpaired) electrons. The molecule has 0 saturated heterocycles. The number of benzene rings is 2. The number of nitro benzene ring substituents is 2. The summed E-state index contributed by atoms with van der Waals surface area (Å²) < 4.78 is 0. The van der Waals surface area contributed by atoms with E-state index in [9.17, 15) is 25.0 Å². The lowest BCUT2D eigenvalue weighted by Crippen LogP contribution is -2.15. The number of halogens is 1. The molecule has 10 heteroatoms. The van der Waals surface area contributed by atoms with Gasteiger partial charge in [-0.25, -0.2) is 4.98 Å². The van der Waals surface area contributed by atoms with Crippen molar-refractivity contribution in [1.29, 1.82) is 0 Å². The third kappa shape index (κ3) is 3.31. The highest BCUT2D eigenvalue weighted by Gasteiger charge is 2.15. The first-order valence-corrected chi connectivity index (χ1v) is 7.33.